The first-order valence-corrected chi connectivity index (χ1v) is 8.12. The molecule has 0 unspecified atom stereocenters. The zero-order chi connectivity index (χ0) is 14.7. The molecule has 4 heteroatoms. The van der Waals surface area contributed by atoms with Gasteiger partial charge in [0.2, 0.25) is 0 Å². The minimum absolute atomic E-state index is 0.489. The molecule has 2 rings (SSSR count). The van der Waals surface area contributed by atoms with Crippen molar-refractivity contribution in [3.63, 3.8) is 0 Å². The highest BCUT2D eigenvalue weighted by atomic mass is 79.9. The van der Waals surface area contributed by atoms with Gasteiger partial charge in [-0.3, -0.25) is 0 Å². The van der Waals surface area contributed by atoms with Gasteiger partial charge in [0.05, 0.1) is 5.02 Å². The van der Waals surface area contributed by atoms with Gasteiger partial charge in [0.15, 0.2) is 0 Å². The van der Waals surface area contributed by atoms with Crippen LogP contribution in [-0.4, -0.2) is 0 Å². The summed E-state index contributed by atoms with van der Waals surface area (Å²) in [4.78, 5) is 0. The van der Waals surface area contributed by atoms with Gasteiger partial charge in [-0.1, -0.05) is 57.3 Å². The topological polar surface area (TPSA) is 9.23 Å². The molecule has 0 saturated carbocycles. The fourth-order valence-electron chi connectivity index (χ4n) is 1.92. The summed E-state index contributed by atoms with van der Waals surface area (Å²) in [7, 11) is 0. The van der Waals surface area contributed by atoms with E-state index in [0.717, 1.165) is 11.1 Å². The average molecular weight is 374 g/mol. The second-order valence-corrected chi connectivity index (χ2v) is 6.12. The van der Waals surface area contributed by atoms with Gasteiger partial charge in [-0.15, -0.1) is 0 Å². The van der Waals surface area contributed by atoms with Crippen LogP contribution in [-0.2, 0) is 11.9 Å². The summed E-state index contributed by atoms with van der Waals surface area (Å²) in [5.74, 6) is 0.686. The quantitative estimate of drug-likeness (QED) is 0.589. The van der Waals surface area contributed by atoms with Gasteiger partial charge >= 0.3 is 0 Å². The molecule has 106 valence electrons. The highest BCUT2D eigenvalue weighted by Gasteiger charge is 2.10. The third kappa shape index (κ3) is 3.69. The van der Waals surface area contributed by atoms with Gasteiger partial charge in [-0.2, -0.15) is 0 Å². The summed E-state index contributed by atoms with van der Waals surface area (Å²) in [5, 5.41) is 1.80. The van der Waals surface area contributed by atoms with E-state index >= 15 is 0 Å². The van der Waals surface area contributed by atoms with E-state index in [2.05, 4.69) is 48.0 Å². The number of rotatable bonds is 4. The smallest absolute Gasteiger partial charge is 0.142 e. The number of alkyl halides is 1. The Hall–Kier alpha value is -0.700. The van der Waals surface area contributed by atoms with Crippen molar-refractivity contribution in [2.75, 3.05) is 0 Å². The number of halogens is 3. The second kappa shape index (κ2) is 6.84. The normalized spacial score (nSPS) is 10.7. The van der Waals surface area contributed by atoms with Crippen molar-refractivity contribution in [2.24, 2.45) is 0 Å². The zero-order valence-corrected chi connectivity index (χ0v) is 14.4. The Balaban J connectivity index is 2.20. The summed E-state index contributed by atoms with van der Waals surface area (Å²) in [6.45, 7) is 4.68. The van der Waals surface area contributed by atoms with Crippen LogP contribution in [0.15, 0.2) is 30.3 Å². The number of benzene rings is 2. The van der Waals surface area contributed by atoms with Crippen molar-refractivity contribution in [1.82, 2.24) is 0 Å². The predicted molar refractivity (Wildman–Crippen MR) is 89.3 cm³/mol. The molecule has 0 radical (unpaired) electrons. The third-order valence-electron chi connectivity index (χ3n) is 3.18. The molecule has 0 aliphatic carbocycles. The summed E-state index contributed by atoms with van der Waals surface area (Å²) in [5.41, 5.74) is 4.61. The van der Waals surface area contributed by atoms with E-state index in [1.807, 2.05) is 6.07 Å². The molecule has 0 N–H and O–H groups in total. The Kier molecular flexibility index (Phi) is 5.36. The Bertz CT molecular complexity index is 626. The summed E-state index contributed by atoms with van der Waals surface area (Å²) < 4.78 is 5.87. The fraction of sp³-hybridized carbons (Fsp3) is 0.250. The molecule has 20 heavy (non-hydrogen) atoms. The van der Waals surface area contributed by atoms with E-state index in [9.17, 15) is 0 Å². The van der Waals surface area contributed by atoms with Crippen LogP contribution in [0.25, 0.3) is 0 Å². The lowest BCUT2D eigenvalue weighted by Crippen LogP contribution is -1.99. The van der Waals surface area contributed by atoms with Crippen LogP contribution in [0.5, 0.6) is 5.75 Å². The number of hydrogen-bond donors (Lipinski definition) is 0. The highest BCUT2D eigenvalue weighted by molar-refractivity contribution is 9.08. The van der Waals surface area contributed by atoms with Crippen molar-refractivity contribution >= 4 is 39.1 Å². The van der Waals surface area contributed by atoms with E-state index in [-0.39, 0.29) is 0 Å². The lowest BCUT2D eigenvalue weighted by atomic mass is 10.1. The number of aryl methyl sites for hydroxylation is 2. The summed E-state index contributed by atoms with van der Waals surface area (Å²) >= 11 is 15.6. The standard InChI is InChI=1S/C16H15BrCl2O/c1-10-3-4-12(5-11(10)2)9-20-16-13(8-17)6-14(18)7-15(16)19/h3-7H,8-9H2,1-2H3. The van der Waals surface area contributed by atoms with Crippen LogP contribution in [0.4, 0.5) is 0 Å². The van der Waals surface area contributed by atoms with Crippen molar-refractivity contribution < 1.29 is 4.74 Å². The molecule has 0 saturated heterocycles. The molecule has 0 amide bonds. The molecule has 2 aromatic carbocycles. The monoisotopic (exact) mass is 372 g/mol. The Labute approximate surface area is 138 Å². The maximum atomic E-state index is 6.21. The fourth-order valence-corrected chi connectivity index (χ4v) is 2.93. The average Bonchev–Trinajstić information content (AvgIpc) is 2.40. The lowest BCUT2D eigenvalue weighted by Gasteiger charge is -2.13. The van der Waals surface area contributed by atoms with Crippen LogP contribution < -0.4 is 4.74 Å². The molecule has 0 aromatic heterocycles. The third-order valence-corrected chi connectivity index (χ3v) is 4.29. The van der Waals surface area contributed by atoms with E-state index < -0.39 is 0 Å². The van der Waals surface area contributed by atoms with Gasteiger partial charge in [0.25, 0.3) is 0 Å². The van der Waals surface area contributed by atoms with E-state index in [4.69, 9.17) is 27.9 Å². The minimum Gasteiger partial charge on any atom is -0.487 e. The largest absolute Gasteiger partial charge is 0.487 e. The van der Waals surface area contributed by atoms with Gasteiger partial charge in [-0.25, -0.2) is 0 Å². The molecule has 0 spiro atoms. The first kappa shape index (κ1) is 15.7. The molecule has 0 fully saturated rings. The van der Waals surface area contributed by atoms with Gasteiger partial charge < -0.3 is 4.74 Å². The van der Waals surface area contributed by atoms with Gasteiger partial charge in [-0.05, 0) is 42.7 Å². The summed E-state index contributed by atoms with van der Waals surface area (Å²) in [6.07, 6.45) is 0. The minimum atomic E-state index is 0.489. The van der Waals surface area contributed by atoms with Crippen LogP contribution in [0.2, 0.25) is 10.0 Å². The van der Waals surface area contributed by atoms with Crippen molar-refractivity contribution in [1.29, 1.82) is 0 Å². The van der Waals surface area contributed by atoms with Crippen molar-refractivity contribution in [2.45, 2.75) is 25.8 Å². The first-order valence-electron chi connectivity index (χ1n) is 6.24. The Morgan fingerprint density at radius 2 is 1.80 bits per heavy atom. The van der Waals surface area contributed by atoms with Gasteiger partial charge in [0.1, 0.15) is 12.4 Å². The molecule has 0 heterocycles. The van der Waals surface area contributed by atoms with Crippen LogP contribution in [0, 0.1) is 13.8 Å². The molecular weight excluding hydrogens is 359 g/mol. The van der Waals surface area contributed by atoms with Gasteiger partial charge in [0, 0.05) is 15.9 Å². The first-order chi connectivity index (χ1) is 9.51. The molecule has 1 nitrogen and oxygen atoms in total. The second-order valence-electron chi connectivity index (χ2n) is 4.72. The molecule has 0 atom stereocenters. The zero-order valence-electron chi connectivity index (χ0n) is 11.3. The molecular formula is C16H15BrCl2O. The maximum absolute atomic E-state index is 6.21. The molecule has 2 aromatic rings. The van der Waals surface area contributed by atoms with Crippen LogP contribution in [0.3, 0.4) is 0 Å². The molecule has 0 bridgehead atoms. The predicted octanol–water partition coefficient (Wildman–Crippen LogP) is 6.08. The lowest BCUT2D eigenvalue weighted by molar-refractivity contribution is 0.304. The Morgan fingerprint density at radius 3 is 2.45 bits per heavy atom. The highest BCUT2D eigenvalue weighted by Crippen LogP contribution is 2.34. The van der Waals surface area contributed by atoms with E-state index in [0.29, 0.717) is 27.7 Å². The number of hydrogen-bond acceptors (Lipinski definition) is 1. The summed E-state index contributed by atoms with van der Waals surface area (Å²) in [6, 6.07) is 9.86. The SMILES string of the molecule is Cc1ccc(COc2c(Cl)cc(Cl)cc2CBr)cc1C. The maximum Gasteiger partial charge on any atom is 0.142 e. The van der Waals surface area contributed by atoms with Crippen molar-refractivity contribution in [3.8, 4) is 5.75 Å². The van der Waals surface area contributed by atoms with E-state index in [1.54, 1.807) is 6.07 Å². The number of ether oxygens (including phenoxy) is 1. The van der Waals surface area contributed by atoms with Crippen molar-refractivity contribution in [3.05, 3.63) is 62.6 Å². The molecule has 0 aliphatic rings. The van der Waals surface area contributed by atoms with Crippen LogP contribution in [0.1, 0.15) is 22.3 Å². The van der Waals surface area contributed by atoms with E-state index in [1.165, 1.54) is 11.1 Å². The van der Waals surface area contributed by atoms with Crippen LogP contribution >= 0.6 is 39.1 Å². The Morgan fingerprint density at radius 1 is 1.05 bits per heavy atom. The molecule has 0 aliphatic heterocycles.